The van der Waals surface area contributed by atoms with E-state index in [0.717, 1.165) is 5.56 Å². The number of rotatable bonds is 0. The minimum atomic E-state index is 0.147. The van der Waals surface area contributed by atoms with Gasteiger partial charge in [-0.25, -0.2) is 0 Å². The Morgan fingerprint density at radius 2 is 2.30 bits per heavy atom. The van der Waals surface area contributed by atoms with E-state index >= 15 is 0 Å². The van der Waals surface area contributed by atoms with Crippen LogP contribution in [0.1, 0.15) is 5.56 Å². The Kier molecular flexibility index (Phi) is 1.99. The molecule has 0 atom stereocenters. The molecule has 1 rings (SSSR count). The molecule has 0 bridgehead atoms. The molecule has 0 aliphatic rings. The molecule has 1 heterocycles. The second-order valence-electron chi connectivity index (χ2n) is 2.00. The Balaban J connectivity index is 3.31. The highest BCUT2D eigenvalue weighted by Gasteiger charge is 2.01. The standard InChI is InChI=1S/C6H5BBrNO/c1-3-2-4(7)9-6(8)5(3)10/h2,10H,1H3. The second kappa shape index (κ2) is 2.62. The molecule has 50 valence electrons. The molecule has 0 amide bonds. The number of pyridine rings is 1. The van der Waals surface area contributed by atoms with E-state index in [2.05, 4.69) is 20.9 Å². The van der Waals surface area contributed by atoms with Crippen molar-refractivity contribution >= 4 is 29.4 Å². The van der Waals surface area contributed by atoms with Gasteiger partial charge in [0.05, 0.1) is 0 Å². The topological polar surface area (TPSA) is 33.1 Å². The molecule has 0 aliphatic carbocycles. The van der Waals surface area contributed by atoms with Crippen molar-refractivity contribution in [2.75, 3.05) is 0 Å². The van der Waals surface area contributed by atoms with Crippen molar-refractivity contribution in [3.05, 3.63) is 16.2 Å². The summed E-state index contributed by atoms with van der Waals surface area (Å²) in [6.45, 7) is 1.76. The molecule has 0 saturated carbocycles. The normalized spacial score (nSPS) is 9.80. The van der Waals surface area contributed by atoms with Gasteiger partial charge in [-0.15, -0.1) is 0 Å². The molecule has 0 fully saturated rings. The van der Waals surface area contributed by atoms with Crippen molar-refractivity contribution in [2.45, 2.75) is 6.92 Å². The summed E-state index contributed by atoms with van der Waals surface area (Å²) in [5.74, 6) is 0.147. The quantitative estimate of drug-likeness (QED) is 0.490. The lowest BCUT2D eigenvalue weighted by Crippen LogP contribution is -2.08. The third-order valence-electron chi connectivity index (χ3n) is 1.16. The number of hydrogen-bond donors (Lipinski definition) is 1. The number of aromatic nitrogens is 1. The van der Waals surface area contributed by atoms with Crippen LogP contribution in [-0.4, -0.2) is 17.9 Å². The average Bonchev–Trinajstić information content (AvgIpc) is 1.82. The molecule has 1 N–H and O–H groups in total. The molecule has 0 unspecified atom stereocenters. The molecule has 0 saturated heterocycles. The second-order valence-corrected chi connectivity index (χ2v) is 2.75. The van der Waals surface area contributed by atoms with Crippen LogP contribution in [0.2, 0.25) is 0 Å². The van der Waals surface area contributed by atoms with E-state index in [-0.39, 0.29) is 5.75 Å². The van der Waals surface area contributed by atoms with Crippen molar-refractivity contribution < 1.29 is 5.11 Å². The van der Waals surface area contributed by atoms with E-state index in [9.17, 15) is 0 Å². The lowest BCUT2D eigenvalue weighted by Gasteiger charge is -2.01. The van der Waals surface area contributed by atoms with Gasteiger partial charge in [-0.3, -0.25) is 4.98 Å². The molecular weight excluding hydrogens is 193 g/mol. The smallest absolute Gasteiger partial charge is 0.151 e. The minimum Gasteiger partial charge on any atom is -0.505 e. The van der Waals surface area contributed by atoms with Crippen molar-refractivity contribution in [3.63, 3.8) is 0 Å². The predicted molar refractivity (Wildman–Crippen MR) is 43.7 cm³/mol. The summed E-state index contributed by atoms with van der Waals surface area (Å²) in [6, 6.07) is 1.61. The summed E-state index contributed by atoms with van der Waals surface area (Å²) >= 11 is 3.06. The zero-order valence-electron chi connectivity index (χ0n) is 5.43. The highest BCUT2D eigenvalue weighted by Crippen LogP contribution is 2.22. The number of halogens is 1. The predicted octanol–water partition coefficient (Wildman–Crippen LogP) is 0.652. The van der Waals surface area contributed by atoms with Crippen LogP contribution >= 0.6 is 15.9 Å². The summed E-state index contributed by atoms with van der Waals surface area (Å²) in [7, 11) is 5.38. The first-order valence-corrected chi connectivity index (χ1v) is 3.52. The molecule has 2 nitrogen and oxygen atoms in total. The van der Waals surface area contributed by atoms with Crippen LogP contribution in [0.4, 0.5) is 0 Å². The van der Waals surface area contributed by atoms with Crippen LogP contribution in [-0.2, 0) is 0 Å². The maximum atomic E-state index is 9.17. The first kappa shape index (κ1) is 7.60. The summed E-state index contributed by atoms with van der Waals surface area (Å²) < 4.78 is 0.394. The molecular formula is C6H5BBrNO. The van der Waals surface area contributed by atoms with E-state index in [1.165, 1.54) is 0 Å². The van der Waals surface area contributed by atoms with E-state index in [4.69, 9.17) is 13.0 Å². The first-order chi connectivity index (χ1) is 4.61. The third kappa shape index (κ3) is 1.32. The molecule has 2 radical (unpaired) electrons. The fourth-order valence-corrected chi connectivity index (χ4v) is 1.17. The van der Waals surface area contributed by atoms with Crippen LogP contribution < -0.4 is 5.59 Å². The maximum absolute atomic E-state index is 9.17. The van der Waals surface area contributed by atoms with Crippen molar-refractivity contribution in [1.29, 1.82) is 0 Å². The maximum Gasteiger partial charge on any atom is 0.151 e. The molecule has 0 spiro atoms. The SMILES string of the molecule is [B]c1cc(C)c(O)c(Br)n1. The van der Waals surface area contributed by atoms with Crippen LogP contribution in [0, 0.1) is 6.92 Å². The number of hydrogen-bond acceptors (Lipinski definition) is 2. The monoisotopic (exact) mass is 197 g/mol. The van der Waals surface area contributed by atoms with Crippen LogP contribution in [0.3, 0.4) is 0 Å². The van der Waals surface area contributed by atoms with Crippen molar-refractivity contribution in [3.8, 4) is 5.75 Å². The highest BCUT2D eigenvalue weighted by molar-refractivity contribution is 9.10. The summed E-state index contributed by atoms with van der Waals surface area (Å²) in [4.78, 5) is 3.78. The zero-order valence-corrected chi connectivity index (χ0v) is 7.01. The molecule has 10 heavy (non-hydrogen) atoms. The minimum absolute atomic E-state index is 0.147. The lowest BCUT2D eigenvalue weighted by atomic mass is 10.0. The third-order valence-corrected chi connectivity index (χ3v) is 1.71. The molecule has 1 aromatic heterocycles. The lowest BCUT2D eigenvalue weighted by molar-refractivity contribution is 0.464. The van der Waals surface area contributed by atoms with Gasteiger partial charge < -0.3 is 5.11 Å². The Labute approximate surface area is 68.8 Å². The Hall–Kier alpha value is -0.505. The van der Waals surface area contributed by atoms with Gasteiger partial charge in [0.1, 0.15) is 12.4 Å². The number of aryl methyl sites for hydroxylation is 1. The van der Waals surface area contributed by atoms with Gasteiger partial charge in [0.25, 0.3) is 0 Å². The first-order valence-electron chi connectivity index (χ1n) is 2.73. The van der Waals surface area contributed by atoms with E-state index < -0.39 is 0 Å². The fraction of sp³-hybridized carbons (Fsp3) is 0.167. The van der Waals surface area contributed by atoms with E-state index in [0.29, 0.717) is 10.2 Å². The van der Waals surface area contributed by atoms with Crippen molar-refractivity contribution in [2.24, 2.45) is 0 Å². The van der Waals surface area contributed by atoms with Gasteiger partial charge in [-0.2, -0.15) is 0 Å². The number of nitrogens with zero attached hydrogens (tertiary/aromatic N) is 1. The summed E-state index contributed by atoms with van der Waals surface area (Å²) in [5.41, 5.74) is 1.13. The van der Waals surface area contributed by atoms with Gasteiger partial charge in [-0.1, -0.05) is 0 Å². The molecule has 4 heteroatoms. The van der Waals surface area contributed by atoms with Gasteiger partial charge >= 0.3 is 0 Å². The van der Waals surface area contributed by atoms with Crippen LogP contribution in [0.5, 0.6) is 5.75 Å². The highest BCUT2D eigenvalue weighted by atomic mass is 79.9. The Bertz CT molecular complexity index is 241. The van der Waals surface area contributed by atoms with E-state index in [1.54, 1.807) is 13.0 Å². The fourth-order valence-electron chi connectivity index (χ4n) is 0.651. The van der Waals surface area contributed by atoms with Gasteiger partial charge in [0.2, 0.25) is 0 Å². The molecule has 1 aromatic rings. The van der Waals surface area contributed by atoms with Gasteiger partial charge in [0.15, 0.2) is 5.75 Å². The summed E-state index contributed by atoms with van der Waals surface area (Å²) in [5, 5.41) is 9.17. The average molecular weight is 198 g/mol. The van der Waals surface area contributed by atoms with Gasteiger partial charge in [-0.05, 0) is 40.1 Å². The van der Waals surface area contributed by atoms with Crippen LogP contribution in [0.25, 0.3) is 0 Å². The Morgan fingerprint density at radius 1 is 1.70 bits per heavy atom. The van der Waals surface area contributed by atoms with Crippen LogP contribution in [0.15, 0.2) is 10.7 Å². The molecule has 0 aliphatic heterocycles. The zero-order chi connectivity index (χ0) is 7.72. The summed E-state index contributed by atoms with van der Waals surface area (Å²) in [6.07, 6.45) is 0. The van der Waals surface area contributed by atoms with E-state index in [1.807, 2.05) is 0 Å². The van der Waals surface area contributed by atoms with Crippen molar-refractivity contribution in [1.82, 2.24) is 4.98 Å². The largest absolute Gasteiger partial charge is 0.505 e. The van der Waals surface area contributed by atoms with Gasteiger partial charge in [0, 0.05) is 0 Å². The Morgan fingerprint density at radius 3 is 2.80 bits per heavy atom. The number of aromatic hydroxyl groups is 1. The molecule has 0 aromatic carbocycles.